The van der Waals surface area contributed by atoms with Crippen LogP contribution < -0.4 is 11.1 Å². The molecule has 0 saturated heterocycles. The second-order valence-corrected chi connectivity index (χ2v) is 4.77. The first-order valence-corrected chi connectivity index (χ1v) is 6.17. The average Bonchev–Trinajstić information content (AvgIpc) is 2.36. The normalized spacial score (nSPS) is 13.6. The Morgan fingerprint density at radius 3 is 2.47 bits per heavy atom. The fourth-order valence-corrected chi connectivity index (χ4v) is 1.75. The first-order chi connectivity index (χ1) is 8.86. The minimum Gasteiger partial charge on any atom is -0.350 e. The van der Waals surface area contributed by atoms with E-state index < -0.39 is 10.5 Å². The van der Waals surface area contributed by atoms with Crippen molar-refractivity contribution >= 4 is 11.6 Å². The molecule has 0 bridgehead atoms. The molecule has 3 N–H and O–H groups in total. The van der Waals surface area contributed by atoms with Crippen LogP contribution in [0.1, 0.15) is 32.3 Å². The zero-order chi connectivity index (χ0) is 14.5. The van der Waals surface area contributed by atoms with Gasteiger partial charge in [-0.1, -0.05) is 25.5 Å². The van der Waals surface area contributed by atoms with Crippen molar-refractivity contribution in [3.63, 3.8) is 0 Å². The number of carbonyl (C=O) groups is 1. The second-order valence-electron chi connectivity index (χ2n) is 4.77. The molecule has 104 valence electrons. The average molecular weight is 265 g/mol. The third-order valence-corrected chi connectivity index (χ3v) is 2.89. The molecule has 0 aromatic heterocycles. The van der Waals surface area contributed by atoms with Gasteiger partial charge >= 0.3 is 0 Å². The molecule has 6 nitrogen and oxygen atoms in total. The summed E-state index contributed by atoms with van der Waals surface area (Å²) >= 11 is 0. The summed E-state index contributed by atoms with van der Waals surface area (Å²) in [7, 11) is 0. The maximum absolute atomic E-state index is 11.9. The molecule has 0 fully saturated rings. The molecular weight excluding hydrogens is 246 g/mol. The van der Waals surface area contributed by atoms with Crippen LogP contribution in [0.2, 0.25) is 0 Å². The van der Waals surface area contributed by atoms with Gasteiger partial charge in [-0.3, -0.25) is 14.9 Å². The zero-order valence-corrected chi connectivity index (χ0v) is 11.2. The van der Waals surface area contributed by atoms with Crippen LogP contribution in [0, 0.1) is 10.1 Å². The van der Waals surface area contributed by atoms with E-state index in [9.17, 15) is 14.9 Å². The van der Waals surface area contributed by atoms with Gasteiger partial charge in [0.25, 0.3) is 5.69 Å². The molecule has 1 amide bonds. The van der Waals surface area contributed by atoms with Gasteiger partial charge in [-0.2, -0.15) is 0 Å². The maximum Gasteiger partial charge on any atom is 0.269 e. The number of carbonyl (C=O) groups excluding carboxylic acids is 1. The standard InChI is InChI=1S/C13H19N3O3/c1-3-8-13(2,14)12(17)15-9-10-4-6-11(7-5-10)16(18)19/h4-7H,3,8-9,14H2,1-2H3,(H,15,17). The second kappa shape index (κ2) is 6.29. The Hall–Kier alpha value is -1.95. The predicted molar refractivity (Wildman–Crippen MR) is 72.4 cm³/mol. The van der Waals surface area contributed by atoms with Crippen molar-refractivity contribution < 1.29 is 9.72 Å². The molecule has 6 heteroatoms. The van der Waals surface area contributed by atoms with Gasteiger partial charge in [0.2, 0.25) is 5.91 Å². The van der Waals surface area contributed by atoms with Gasteiger partial charge in [0.15, 0.2) is 0 Å². The first kappa shape index (κ1) is 15.1. The fourth-order valence-electron chi connectivity index (χ4n) is 1.75. The van der Waals surface area contributed by atoms with Gasteiger partial charge in [-0.25, -0.2) is 0 Å². The number of amides is 1. The van der Waals surface area contributed by atoms with E-state index >= 15 is 0 Å². The molecule has 0 radical (unpaired) electrons. The van der Waals surface area contributed by atoms with E-state index in [1.165, 1.54) is 12.1 Å². The van der Waals surface area contributed by atoms with Crippen LogP contribution in [0.4, 0.5) is 5.69 Å². The number of nitrogens with one attached hydrogen (secondary N) is 1. The minimum atomic E-state index is -0.879. The molecule has 1 aromatic carbocycles. The van der Waals surface area contributed by atoms with Crippen molar-refractivity contribution in [3.05, 3.63) is 39.9 Å². The van der Waals surface area contributed by atoms with Crippen molar-refractivity contribution in [2.24, 2.45) is 5.73 Å². The molecule has 0 heterocycles. The highest BCUT2D eigenvalue weighted by atomic mass is 16.6. The minimum absolute atomic E-state index is 0.0322. The topological polar surface area (TPSA) is 98.3 Å². The van der Waals surface area contributed by atoms with E-state index in [1.54, 1.807) is 19.1 Å². The summed E-state index contributed by atoms with van der Waals surface area (Å²) in [6.07, 6.45) is 1.44. The highest BCUT2D eigenvalue weighted by Gasteiger charge is 2.26. The lowest BCUT2D eigenvalue weighted by Crippen LogP contribution is -2.51. The number of rotatable bonds is 6. The van der Waals surface area contributed by atoms with E-state index in [0.717, 1.165) is 12.0 Å². The molecule has 0 aliphatic rings. The largest absolute Gasteiger partial charge is 0.350 e. The summed E-state index contributed by atoms with van der Waals surface area (Å²) in [5.74, 6) is -0.215. The van der Waals surface area contributed by atoms with E-state index in [-0.39, 0.29) is 11.6 Å². The number of benzene rings is 1. The third kappa shape index (κ3) is 4.33. The Balaban J connectivity index is 2.57. The van der Waals surface area contributed by atoms with Gasteiger partial charge in [-0.15, -0.1) is 0 Å². The Bertz CT molecular complexity index is 455. The number of non-ortho nitro benzene ring substituents is 1. The number of hydrogen-bond acceptors (Lipinski definition) is 4. The van der Waals surface area contributed by atoms with Crippen LogP contribution >= 0.6 is 0 Å². The van der Waals surface area contributed by atoms with Crippen molar-refractivity contribution in [2.75, 3.05) is 0 Å². The molecule has 1 atom stereocenters. The van der Waals surface area contributed by atoms with Crippen LogP contribution in [-0.2, 0) is 11.3 Å². The van der Waals surface area contributed by atoms with E-state index in [2.05, 4.69) is 5.32 Å². The Labute approximate surface area is 112 Å². The van der Waals surface area contributed by atoms with Crippen molar-refractivity contribution in [3.8, 4) is 0 Å². The molecular formula is C13H19N3O3. The van der Waals surface area contributed by atoms with E-state index in [0.29, 0.717) is 13.0 Å². The summed E-state index contributed by atoms with van der Waals surface area (Å²) < 4.78 is 0. The smallest absolute Gasteiger partial charge is 0.269 e. The van der Waals surface area contributed by atoms with Crippen molar-refractivity contribution in [1.82, 2.24) is 5.32 Å². The quantitative estimate of drug-likeness (QED) is 0.604. The van der Waals surface area contributed by atoms with Crippen LogP contribution in [0.25, 0.3) is 0 Å². The van der Waals surface area contributed by atoms with Crippen molar-refractivity contribution in [2.45, 2.75) is 38.8 Å². The van der Waals surface area contributed by atoms with Gasteiger partial charge < -0.3 is 11.1 Å². The summed E-state index contributed by atoms with van der Waals surface area (Å²) in [5.41, 5.74) is 5.85. The number of nitro groups is 1. The predicted octanol–water partition coefficient (Wildman–Crippen LogP) is 1.73. The van der Waals surface area contributed by atoms with Crippen LogP contribution in [0.15, 0.2) is 24.3 Å². The Kier molecular flexibility index (Phi) is 5.00. The molecule has 1 rings (SSSR count). The highest BCUT2D eigenvalue weighted by Crippen LogP contribution is 2.12. The lowest BCUT2D eigenvalue weighted by Gasteiger charge is -2.22. The van der Waals surface area contributed by atoms with Crippen LogP contribution in [0.5, 0.6) is 0 Å². The number of nitrogens with two attached hydrogens (primary N) is 1. The van der Waals surface area contributed by atoms with Crippen molar-refractivity contribution in [1.29, 1.82) is 0 Å². The first-order valence-electron chi connectivity index (χ1n) is 6.17. The van der Waals surface area contributed by atoms with E-state index in [4.69, 9.17) is 5.73 Å². The molecule has 1 aromatic rings. The fraction of sp³-hybridized carbons (Fsp3) is 0.462. The molecule has 0 aliphatic heterocycles. The zero-order valence-electron chi connectivity index (χ0n) is 11.2. The monoisotopic (exact) mass is 265 g/mol. The third-order valence-electron chi connectivity index (χ3n) is 2.89. The van der Waals surface area contributed by atoms with Gasteiger partial charge in [0, 0.05) is 18.7 Å². The lowest BCUT2D eigenvalue weighted by molar-refractivity contribution is -0.384. The maximum atomic E-state index is 11.9. The van der Waals surface area contributed by atoms with Gasteiger partial charge in [0.1, 0.15) is 0 Å². The number of nitro benzene ring substituents is 1. The summed E-state index contributed by atoms with van der Waals surface area (Å²) in [4.78, 5) is 21.9. The molecule has 0 aliphatic carbocycles. The number of nitrogens with zero attached hydrogens (tertiary/aromatic N) is 1. The van der Waals surface area contributed by atoms with Gasteiger partial charge in [-0.05, 0) is 18.9 Å². The molecule has 19 heavy (non-hydrogen) atoms. The molecule has 0 spiro atoms. The SMILES string of the molecule is CCCC(C)(N)C(=O)NCc1ccc([N+](=O)[O-])cc1. The van der Waals surface area contributed by atoms with E-state index in [1.807, 2.05) is 6.92 Å². The highest BCUT2D eigenvalue weighted by molar-refractivity contribution is 5.85. The summed E-state index contributed by atoms with van der Waals surface area (Å²) in [6.45, 7) is 3.98. The summed E-state index contributed by atoms with van der Waals surface area (Å²) in [6, 6.07) is 6.06. The Morgan fingerprint density at radius 2 is 2.00 bits per heavy atom. The Morgan fingerprint density at radius 1 is 1.42 bits per heavy atom. The summed E-state index contributed by atoms with van der Waals surface area (Å²) in [5, 5.41) is 13.2. The molecule has 1 unspecified atom stereocenters. The van der Waals surface area contributed by atoms with Crippen LogP contribution in [-0.4, -0.2) is 16.4 Å². The lowest BCUT2D eigenvalue weighted by atomic mass is 9.96. The van der Waals surface area contributed by atoms with Gasteiger partial charge in [0.05, 0.1) is 10.5 Å². The van der Waals surface area contributed by atoms with Crippen LogP contribution in [0.3, 0.4) is 0 Å². The number of hydrogen-bond donors (Lipinski definition) is 2. The molecule has 0 saturated carbocycles.